The van der Waals surface area contributed by atoms with E-state index in [-0.39, 0.29) is 58.2 Å². The minimum Gasteiger partial charge on any atom is -0.579 e. The molecule has 76 valence electrons. The number of ether oxygens (including phenoxy) is 2. The van der Waals surface area contributed by atoms with E-state index in [0.29, 0.717) is 23.6 Å². The summed E-state index contributed by atoms with van der Waals surface area (Å²) in [6.45, 7) is 5.74. The van der Waals surface area contributed by atoms with Crippen LogP contribution in [0, 0.1) is 6.92 Å². The summed E-state index contributed by atoms with van der Waals surface area (Å²) < 4.78 is 9.79. The number of carbonyl (C=O) groups is 1. The molecule has 0 fully saturated rings. The predicted molar refractivity (Wildman–Crippen MR) is 51.2 cm³/mol. The molecule has 5 heteroatoms. The van der Waals surface area contributed by atoms with E-state index in [9.17, 15) is 4.79 Å². The second kappa shape index (κ2) is 7.38. The molecule has 0 aliphatic rings. The largest absolute Gasteiger partial charge is 1.00 e. The molecule has 0 saturated carbocycles. The Kier molecular flexibility index (Phi) is 7.43. The van der Waals surface area contributed by atoms with E-state index in [4.69, 9.17) is 9.47 Å². The number of nitrogens with zero attached hydrogens (tertiary/aromatic N) is 1. The third kappa shape index (κ3) is 4.22. The number of hydrogen-bond donors (Lipinski definition) is 0. The first-order valence-corrected chi connectivity index (χ1v) is 4.22. The maximum absolute atomic E-state index is 11.3. The Balaban J connectivity index is 0.00000196. The zero-order valence-electron chi connectivity index (χ0n) is 9.24. The molecule has 0 amide bonds. The van der Waals surface area contributed by atoms with E-state index in [2.05, 4.69) is 11.9 Å². The number of carbonyl (C=O) groups excluding carboxylic acids is 1. The molecular formula is C10H12NO3Rb. The zero-order chi connectivity index (χ0) is 10.6. The number of hydrogen-bond acceptors (Lipinski definition) is 4. The SMILES string of the molecule is [CH2-]c1ncc(C(=O)OCC)cc1OC.[Rb+]. The minimum absolute atomic E-state index is 0. The van der Waals surface area contributed by atoms with Crippen LogP contribution in [0.25, 0.3) is 0 Å². The van der Waals surface area contributed by atoms with Gasteiger partial charge in [-0.2, -0.15) is 0 Å². The first-order chi connectivity index (χ1) is 6.69. The van der Waals surface area contributed by atoms with Gasteiger partial charge in [-0.15, -0.1) is 0 Å². The molecule has 0 radical (unpaired) electrons. The van der Waals surface area contributed by atoms with Crippen molar-refractivity contribution in [1.29, 1.82) is 0 Å². The fourth-order valence-electron chi connectivity index (χ4n) is 0.976. The number of aromatic nitrogens is 1. The summed E-state index contributed by atoms with van der Waals surface area (Å²) in [6, 6.07) is 1.56. The first kappa shape index (κ1) is 15.1. The van der Waals surface area contributed by atoms with Crippen LogP contribution in [0.3, 0.4) is 0 Å². The Bertz CT molecular complexity index is 341. The van der Waals surface area contributed by atoms with Gasteiger partial charge in [0.25, 0.3) is 0 Å². The summed E-state index contributed by atoms with van der Waals surface area (Å²) in [7, 11) is 1.50. The van der Waals surface area contributed by atoms with Gasteiger partial charge in [-0.25, -0.2) is 11.7 Å². The van der Waals surface area contributed by atoms with Crippen molar-refractivity contribution in [2.24, 2.45) is 0 Å². The third-order valence-electron chi connectivity index (χ3n) is 1.66. The molecule has 1 aromatic rings. The van der Waals surface area contributed by atoms with E-state index in [1.165, 1.54) is 13.3 Å². The third-order valence-corrected chi connectivity index (χ3v) is 1.66. The number of esters is 1. The van der Waals surface area contributed by atoms with Crippen LogP contribution in [0.2, 0.25) is 0 Å². The molecule has 0 N–H and O–H groups in total. The fourth-order valence-corrected chi connectivity index (χ4v) is 0.976. The molecule has 0 saturated heterocycles. The van der Waals surface area contributed by atoms with Gasteiger partial charge in [0.15, 0.2) is 0 Å². The number of methoxy groups -OCH3 is 1. The van der Waals surface area contributed by atoms with E-state index < -0.39 is 5.97 Å². The van der Waals surface area contributed by atoms with Crippen LogP contribution in [0.5, 0.6) is 5.75 Å². The Labute approximate surface area is 138 Å². The van der Waals surface area contributed by atoms with Crippen molar-refractivity contribution in [3.63, 3.8) is 0 Å². The quantitative estimate of drug-likeness (QED) is 0.497. The summed E-state index contributed by atoms with van der Waals surface area (Å²) in [4.78, 5) is 15.2. The summed E-state index contributed by atoms with van der Waals surface area (Å²) in [5.41, 5.74) is 0.872. The van der Waals surface area contributed by atoms with Crippen molar-refractivity contribution in [2.75, 3.05) is 13.7 Å². The smallest absolute Gasteiger partial charge is 0.579 e. The van der Waals surface area contributed by atoms with E-state index in [1.807, 2.05) is 0 Å². The first-order valence-electron chi connectivity index (χ1n) is 4.22. The maximum Gasteiger partial charge on any atom is 1.00 e. The monoisotopic (exact) mass is 279 g/mol. The van der Waals surface area contributed by atoms with Crippen LogP contribution < -0.4 is 62.9 Å². The summed E-state index contributed by atoms with van der Waals surface area (Å²) in [5.74, 6) is 0.0776. The van der Waals surface area contributed by atoms with Gasteiger partial charge in [-0.3, -0.25) is 4.98 Å². The van der Waals surface area contributed by atoms with Crippen LogP contribution in [0.1, 0.15) is 23.0 Å². The van der Waals surface area contributed by atoms with Gasteiger partial charge >= 0.3 is 64.2 Å². The summed E-state index contributed by atoms with van der Waals surface area (Å²) >= 11 is 0. The van der Waals surface area contributed by atoms with Gasteiger partial charge < -0.3 is 9.47 Å². The summed E-state index contributed by atoms with van der Waals surface area (Å²) in [5, 5.41) is 0. The van der Waals surface area contributed by atoms with Crippen LogP contribution >= 0.6 is 0 Å². The van der Waals surface area contributed by atoms with Crippen molar-refractivity contribution in [2.45, 2.75) is 6.92 Å². The molecule has 0 bridgehead atoms. The molecule has 0 aliphatic heterocycles. The average Bonchev–Trinajstić information content (AvgIpc) is 2.19. The number of rotatable bonds is 3. The van der Waals surface area contributed by atoms with Gasteiger partial charge in [-0.1, -0.05) is 11.8 Å². The molecule has 1 rings (SSSR count). The van der Waals surface area contributed by atoms with Gasteiger partial charge in [0, 0.05) is 6.20 Å². The van der Waals surface area contributed by atoms with Crippen LogP contribution in [-0.4, -0.2) is 24.7 Å². The van der Waals surface area contributed by atoms with E-state index in [0.717, 1.165) is 0 Å². The molecule has 15 heavy (non-hydrogen) atoms. The Hall–Kier alpha value is 0.0952. The van der Waals surface area contributed by atoms with Crippen molar-refractivity contribution >= 4 is 5.97 Å². The van der Waals surface area contributed by atoms with Crippen LogP contribution in [0.15, 0.2) is 12.3 Å². The molecule has 0 unspecified atom stereocenters. The fraction of sp³-hybridized carbons (Fsp3) is 0.300. The minimum atomic E-state index is -0.404. The van der Waals surface area contributed by atoms with Crippen molar-refractivity contribution in [1.82, 2.24) is 4.98 Å². The molecule has 0 spiro atoms. The van der Waals surface area contributed by atoms with E-state index >= 15 is 0 Å². The molecule has 4 nitrogen and oxygen atoms in total. The van der Waals surface area contributed by atoms with Crippen molar-refractivity contribution in [3.05, 3.63) is 30.4 Å². The van der Waals surface area contributed by atoms with Crippen molar-refractivity contribution in [3.8, 4) is 5.75 Å². The average molecular weight is 280 g/mol. The Morgan fingerprint density at radius 2 is 2.27 bits per heavy atom. The van der Waals surface area contributed by atoms with Gasteiger partial charge in [0.2, 0.25) is 0 Å². The molecule has 0 atom stereocenters. The van der Waals surface area contributed by atoms with Gasteiger partial charge in [-0.05, 0) is 12.7 Å². The predicted octanol–water partition coefficient (Wildman–Crippen LogP) is -1.55. The molecular weight excluding hydrogens is 268 g/mol. The maximum atomic E-state index is 11.3. The van der Waals surface area contributed by atoms with Crippen LogP contribution in [0.4, 0.5) is 0 Å². The Morgan fingerprint density at radius 1 is 1.60 bits per heavy atom. The van der Waals surface area contributed by atoms with Gasteiger partial charge in [0.1, 0.15) is 0 Å². The molecule has 0 aromatic carbocycles. The second-order valence-electron chi connectivity index (χ2n) is 2.59. The Morgan fingerprint density at radius 3 is 2.80 bits per heavy atom. The summed E-state index contributed by atoms with van der Waals surface area (Å²) in [6.07, 6.45) is 1.42. The standard InChI is InChI=1S/C10H12NO3.Rb/c1-4-14-10(12)8-5-9(13-3)7(2)11-6-8;/h5-6H,2,4H2,1,3H3;/q-1;+1. The molecule has 1 heterocycles. The van der Waals surface area contributed by atoms with E-state index in [1.54, 1.807) is 13.0 Å². The zero-order valence-corrected chi connectivity index (χ0v) is 14.2. The van der Waals surface area contributed by atoms with Gasteiger partial charge in [0.05, 0.1) is 19.3 Å². The molecule has 0 aliphatic carbocycles. The second-order valence-corrected chi connectivity index (χ2v) is 2.59. The van der Waals surface area contributed by atoms with Crippen LogP contribution in [-0.2, 0) is 4.74 Å². The normalized spacial score (nSPS) is 8.93. The molecule has 1 aromatic heterocycles. The number of pyridine rings is 1. The van der Waals surface area contributed by atoms with Crippen molar-refractivity contribution < 1.29 is 72.5 Å². The topological polar surface area (TPSA) is 48.4 Å².